The fourth-order valence-electron chi connectivity index (χ4n) is 2.02. The van der Waals surface area contributed by atoms with E-state index in [1.165, 1.54) is 0 Å². The van der Waals surface area contributed by atoms with Crippen molar-refractivity contribution in [2.45, 2.75) is 25.3 Å². The third-order valence-corrected chi connectivity index (χ3v) is 3.37. The van der Waals surface area contributed by atoms with E-state index in [-0.39, 0.29) is 5.91 Å². The summed E-state index contributed by atoms with van der Waals surface area (Å²) in [7, 11) is 3.60. The van der Waals surface area contributed by atoms with Crippen LogP contribution in [0.3, 0.4) is 0 Å². The molecule has 5 heteroatoms. The van der Waals surface area contributed by atoms with Crippen LogP contribution in [0.2, 0.25) is 0 Å². The van der Waals surface area contributed by atoms with Gasteiger partial charge in [0.05, 0.1) is 20.3 Å². The molecule has 1 aliphatic carbocycles. The highest BCUT2D eigenvalue weighted by Crippen LogP contribution is 2.18. The maximum Gasteiger partial charge on any atom is 0.234 e. The van der Waals surface area contributed by atoms with Gasteiger partial charge in [-0.05, 0) is 50.6 Å². The highest BCUT2D eigenvalue weighted by molar-refractivity contribution is 5.78. The Hall–Kier alpha value is -1.75. The van der Waals surface area contributed by atoms with Crippen molar-refractivity contribution < 1.29 is 14.3 Å². The zero-order valence-electron chi connectivity index (χ0n) is 12.8. The first-order valence-electron chi connectivity index (χ1n) is 7.42. The van der Waals surface area contributed by atoms with E-state index in [2.05, 4.69) is 5.32 Å². The lowest BCUT2D eigenvalue weighted by molar-refractivity contribution is -0.122. The lowest BCUT2D eigenvalue weighted by Crippen LogP contribution is -2.36. The lowest BCUT2D eigenvalue weighted by atomic mass is 10.3. The average Bonchev–Trinajstić information content (AvgIpc) is 3.28. The van der Waals surface area contributed by atoms with E-state index >= 15 is 0 Å². The number of rotatable bonds is 9. The van der Waals surface area contributed by atoms with E-state index in [1.807, 2.05) is 36.2 Å². The smallest absolute Gasteiger partial charge is 0.234 e. The summed E-state index contributed by atoms with van der Waals surface area (Å²) in [6, 6.07) is 7.98. The molecule has 0 radical (unpaired) electrons. The molecule has 0 saturated heterocycles. The maximum atomic E-state index is 11.6. The Labute approximate surface area is 126 Å². The number of hydrogen-bond donors (Lipinski definition) is 1. The summed E-state index contributed by atoms with van der Waals surface area (Å²) in [5.41, 5.74) is 0. The highest BCUT2D eigenvalue weighted by atomic mass is 16.5. The summed E-state index contributed by atoms with van der Waals surface area (Å²) in [4.78, 5) is 13.6. The van der Waals surface area contributed by atoms with Crippen LogP contribution in [-0.4, -0.2) is 50.7 Å². The molecule has 1 aromatic carbocycles. The Morgan fingerprint density at radius 1 is 1.29 bits per heavy atom. The van der Waals surface area contributed by atoms with E-state index in [0.717, 1.165) is 37.3 Å². The zero-order valence-corrected chi connectivity index (χ0v) is 12.8. The number of benzene rings is 1. The monoisotopic (exact) mass is 292 g/mol. The Bertz CT molecular complexity index is 443. The third-order valence-electron chi connectivity index (χ3n) is 3.37. The van der Waals surface area contributed by atoms with Gasteiger partial charge in [-0.2, -0.15) is 0 Å². The number of carbonyl (C=O) groups excluding carboxylic acids is 1. The van der Waals surface area contributed by atoms with Crippen molar-refractivity contribution in [1.82, 2.24) is 10.2 Å². The Kier molecular flexibility index (Phi) is 5.87. The summed E-state index contributed by atoms with van der Waals surface area (Å²) < 4.78 is 10.7. The lowest BCUT2D eigenvalue weighted by Gasteiger charge is -2.16. The normalized spacial score (nSPS) is 14.0. The van der Waals surface area contributed by atoms with E-state index in [0.29, 0.717) is 19.2 Å². The summed E-state index contributed by atoms with van der Waals surface area (Å²) >= 11 is 0. The van der Waals surface area contributed by atoms with Crippen LogP contribution >= 0.6 is 0 Å². The van der Waals surface area contributed by atoms with Crippen molar-refractivity contribution in [3.8, 4) is 11.5 Å². The zero-order chi connectivity index (χ0) is 15.1. The largest absolute Gasteiger partial charge is 0.497 e. The molecule has 1 aliphatic rings. The molecule has 1 aromatic rings. The predicted octanol–water partition coefficient (Wildman–Crippen LogP) is 1.67. The van der Waals surface area contributed by atoms with Gasteiger partial charge < -0.3 is 14.8 Å². The molecule has 5 nitrogen and oxygen atoms in total. The van der Waals surface area contributed by atoms with Gasteiger partial charge in [0.25, 0.3) is 0 Å². The molecule has 2 rings (SSSR count). The van der Waals surface area contributed by atoms with Gasteiger partial charge in [0.2, 0.25) is 5.91 Å². The Morgan fingerprint density at radius 3 is 2.57 bits per heavy atom. The van der Waals surface area contributed by atoms with Crippen LogP contribution in [0.4, 0.5) is 0 Å². The van der Waals surface area contributed by atoms with E-state index in [1.54, 1.807) is 7.11 Å². The summed E-state index contributed by atoms with van der Waals surface area (Å²) in [6.07, 6.45) is 3.15. The molecule has 0 aliphatic heterocycles. The molecule has 0 bridgehead atoms. The molecule has 116 valence electrons. The van der Waals surface area contributed by atoms with Crippen LogP contribution in [0.5, 0.6) is 11.5 Å². The molecule has 21 heavy (non-hydrogen) atoms. The molecule has 0 unspecified atom stereocenters. The van der Waals surface area contributed by atoms with Crippen molar-refractivity contribution in [2.24, 2.45) is 0 Å². The first kappa shape index (κ1) is 15.6. The first-order valence-corrected chi connectivity index (χ1v) is 7.42. The number of carbonyl (C=O) groups is 1. The number of amides is 1. The fraction of sp³-hybridized carbons (Fsp3) is 0.562. The van der Waals surface area contributed by atoms with Crippen LogP contribution in [0, 0.1) is 0 Å². The first-order chi connectivity index (χ1) is 10.2. The molecule has 0 heterocycles. The number of ether oxygens (including phenoxy) is 2. The maximum absolute atomic E-state index is 11.6. The number of hydrogen-bond acceptors (Lipinski definition) is 4. The van der Waals surface area contributed by atoms with Gasteiger partial charge in [0, 0.05) is 12.6 Å². The van der Waals surface area contributed by atoms with Crippen LogP contribution < -0.4 is 14.8 Å². The summed E-state index contributed by atoms with van der Waals surface area (Å²) in [6.45, 7) is 1.94. The van der Waals surface area contributed by atoms with Crippen molar-refractivity contribution in [3.63, 3.8) is 0 Å². The minimum atomic E-state index is 0.121. The summed E-state index contributed by atoms with van der Waals surface area (Å²) in [5.74, 6) is 1.78. The Balaban J connectivity index is 1.56. The van der Waals surface area contributed by atoms with Gasteiger partial charge in [-0.15, -0.1) is 0 Å². The van der Waals surface area contributed by atoms with Crippen LogP contribution in [0.25, 0.3) is 0 Å². The van der Waals surface area contributed by atoms with Gasteiger partial charge in [0.15, 0.2) is 0 Å². The SMILES string of the molecule is COc1ccc(OCCCN(C)CC(=O)NC2CC2)cc1. The number of methoxy groups -OCH3 is 1. The van der Waals surface area contributed by atoms with Gasteiger partial charge in [-0.1, -0.05) is 0 Å². The minimum Gasteiger partial charge on any atom is -0.497 e. The van der Waals surface area contributed by atoms with Crippen LogP contribution in [0.15, 0.2) is 24.3 Å². The van der Waals surface area contributed by atoms with Gasteiger partial charge >= 0.3 is 0 Å². The van der Waals surface area contributed by atoms with Crippen LogP contribution in [0.1, 0.15) is 19.3 Å². The van der Waals surface area contributed by atoms with Crippen molar-refractivity contribution >= 4 is 5.91 Å². The molecule has 0 atom stereocenters. The average molecular weight is 292 g/mol. The number of likely N-dealkylation sites (N-methyl/N-ethyl adjacent to an activating group) is 1. The van der Waals surface area contributed by atoms with Gasteiger partial charge in [-0.3, -0.25) is 9.69 Å². The Morgan fingerprint density at radius 2 is 1.95 bits per heavy atom. The second-order valence-corrected chi connectivity index (χ2v) is 5.46. The second kappa shape index (κ2) is 7.88. The van der Waals surface area contributed by atoms with E-state index < -0.39 is 0 Å². The fourth-order valence-corrected chi connectivity index (χ4v) is 2.02. The molecule has 1 amide bonds. The summed E-state index contributed by atoms with van der Waals surface area (Å²) in [5, 5.41) is 2.99. The number of nitrogens with one attached hydrogen (secondary N) is 1. The van der Waals surface area contributed by atoms with Crippen molar-refractivity contribution in [1.29, 1.82) is 0 Å². The topological polar surface area (TPSA) is 50.8 Å². The molecule has 1 fully saturated rings. The minimum absolute atomic E-state index is 0.121. The molecular weight excluding hydrogens is 268 g/mol. The molecule has 0 aromatic heterocycles. The number of nitrogens with zero attached hydrogens (tertiary/aromatic N) is 1. The van der Waals surface area contributed by atoms with E-state index in [9.17, 15) is 4.79 Å². The van der Waals surface area contributed by atoms with Gasteiger partial charge in [0.1, 0.15) is 11.5 Å². The van der Waals surface area contributed by atoms with Crippen molar-refractivity contribution in [3.05, 3.63) is 24.3 Å². The predicted molar refractivity (Wildman–Crippen MR) is 81.8 cm³/mol. The van der Waals surface area contributed by atoms with Crippen LogP contribution in [-0.2, 0) is 4.79 Å². The quantitative estimate of drug-likeness (QED) is 0.704. The third kappa shape index (κ3) is 6.04. The molecule has 0 spiro atoms. The van der Waals surface area contributed by atoms with E-state index in [4.69, 9.17) is 9.47 Å². The second-order valence-electron chi connectivity index (χ2n) is 5.46. The van der Waals surface area contributed by atoms with Gasteiger partial charge in [-0.25, -0.2) is 0 Å². The van der Waals surface area contributed by atoms with Crippen molar-refractivity contribution in [2.75, 3.05) is 33.9 Å². The molecule has 1 saturated carbocycles. The highest BCUT2D eigenvalue weighted by Gasteiger charge is 2.23. The molecular formula is C16H24N2O3. The molecule has 1 N–H and O–H groups in total. The standard InChI is InChI=1S/C16H24N2O3/c1-18(12-16(19)17-13-4-5-13)10-3-11-21-15-8-6-14(20-2)7-9-15/h6-9,13H,3-5,10-12H2,1-2H3,(H,17,19).